The minimum Gasteiger partial charge on any atom is -0.508 e. The number of carbonyl (C=O) groups is 7. The molecule has 12 N–H and O–H groups in total. The summed E-state index contributed by atoms with van der Waals surface area (Å²) >= 11 is 0. The van der Waals surface area contributed by atoms with Gasteiger partial charge < -0.3 is 58.1 Å². The summed E-state index contributed by atoms with van der Waals surface area (Å²) in [7, 11) is 0. The maximum atomic E-state index is 14.1. The number of amides is 6. The van der Waals surface area contributed by atoms with E-state index in [0.29, 0.717) is 36.9 Å². The highest BCUT2D eigenvalue weighted by atomic mass is 16.4. The minimum atomic E-state index is -1.68. The van der Waals surface area contributed by atoms with Crippen molar-refractivity contribution in [2.24, 2.45) is 11.7 Å². The van der Waals surface area contributed by atoms with Crippen LogP contribution in [0.5, 0.6) is 5.75 Å². The summed E-state index contributed by atoms with van der Waals surface area (Å²) in [6.45, 7) is 8.15. The molecule has 350 valence electrons. The molecule has 0 aromatic heterocycles. The normalized spacial score (nSPS) is 15.0. The van der Waals surface area contributed by atoms with Gasteiger partial charge in [0.25, 0.3) is 0 Å². The fourth-order valence-electron chi connectivity index (χ4n) is 6.66. The molecule has 0 radical (unpaired) electrons. The van der Waals surface area contributed by atoms with E-state index in [4.69, 9.17) is 5.73 Å². The number of carboxylic acid groups (broad SMARTS) is 1. The molecular formula is C45H69N7O11. The smallest absolute Gasteiger partial charge is 0.326 e. The number of hydrogen-bond acceptors (Lipinski definition) is 11. The largest absolute Gasteiger partial charge is 0.508 e. The summed E-state index contributed by atoms with van der Waals surface area (Å²) in [5.41, 5.74) is 6.82. The third kappa shape index (κ3) is 19.6. The average molecular weight is 884 g/mol. The molecule has 2 rings (SSSR count). The van der Waals surface area contributed by atoms with Gasteiger partial charge in [0.1, 0.15) is 42.0 Å². The van der Waals surface area contributed by atoms with Crippen molar-refractivity contribution in [3.8, 4) is 5.75 Å². The first kappa shape index (κ1) is 53.5. The van der Waals surface area contributed by atoms with Crippen LogP contribution in [-0.2, 0) is 46.4 Å². The molecule has 2 aromatic carbocycles. The van der Waals surface area contributed by atoms with Gasteiger partial charge in [0.15, 0.2) is 0 Å². The Morgan fingerprint density at radius 1 is 0.556 bits per heavy atom. The van der Waals surface area contributed by atoms with Gasteiger partial charge in [0.05, 0.1) is 12.2 Å². The summed E-state index contributed by atoms with van der Waals surface area (Å²) in [5, 5.41) is 56.2. The molecule has 0 spiro atoms. The third-order valence-corrected chi connectivity index (χ3v) is 10.4. The molecule has 0 fully saturated rings. The molecule has 18 nitrogen and oxygen atoms in total. The number of nitrogens with one attached hydrogen (secondary N) is 6. The predicted molar refractivity (Wildman–Crippen MR) is 236 cm³/mol. The van der Waals surface area contributed by atoms with E-state index in [1.807, 2.05) is 0 Å². The standard InChI is InChI=1S/C45H69N7O11/c1-6-7-8-9-13-19-36(56)50-38(28(4)53)44(61)51-37(27(2)3)42(59)52-39(29(5)54)43(60)48-34(25-31-20-22-32(55)23-21-31)41(58)47-33(18-14-15-24-46)40(57)49-35(45(62)63)26-30-16-11-10-12-17-30/h10-12,16-17,20-23,27-29,33-35,37-39,53-55H,6-9,13-15,18-19,24-26,46H2,1-5H3,(H,47,58)(H,48,60)(H,49,57)(H,50,56)(H,51,61)(H,52,59)(H,62,63)/t28-,29-,33+,34+,35+,37+,38+,39+/m1/s1. The van der Waals surface area contributed by atoms with E-state index in [0.717, 1.165) is 25.7 Å². The van der Waals surface area contributed by atoms with E-state index in [1.165, 1.54) is 38.1 Å². The highest BCUT2D eigenvalue weighted by Crippen LogP contribution is 2.14. The molecule has 18 heteroatoms. The van der Waals surface area contributed by atoms with Crippen LogP contribution in [0.15, 0.2) is 54.6 Å². The van der Waals surface area contributed by atoms with E-state index in [9.17, 15) is 54.0 Å². The van der Waals surface area contributed by atoms with Crippen LogP contribution in [0.2, 0.25) is 0 Å². The van der Waals surface area contributed by atoms with Crippen LogP contribution in [0.1, 0.15) is 104 Å². The maximum absolute atomic E-state index is 14.1. The molecule has 0 saturated heterocycles. The van der Waals surface area contributed by atoms with Gasteiger partial charge in [0, 0.05) is 19.3 Å². The number of hydrogen-bond donors (Lipinski definition) is 11. The molecule has 6 amide bonds. The number of unbranched alkanes of at least 4 members (excludes halogenated alkanes) is 5. The molecule has 2 aromatic rings. The number of aliphatic carboxylic acids is 1. The molecule has 8 atom stereocenters. The van der Waals surface area contributed by atoms with E-state index in [-0.39, 0.29) is 31.4 Å². The lowest BCUT2D eigenvalue weighted by molar-refractivity contribution is -0.142. The molecule has 0 unspecified atom stereocenters. The van der Waals surface area contributed by atoms with Crippen molar-refractivity contribution < 1.29 is 54.0 Å². The lowest BCUT2D eigenvalue weighted by Crippen LogP contribution is -2.63. The molecule has 0 saturated carbocycles. The highest BCUT2D eigenvalue weighted by molar-refractivity contribution is 5.97. The molecule has 0 aliphatic carbocycles. The highest BCUT2D eigenvalue weighted by Gasteiger charge is 2.36. The minimum absolute atomic E-state index is 0.0321. The number of nitrogens with two attached hydrogens (primary N) is 1. The van der Waals surface area contributed by atoms with Crippen LogP contribution < -0.4 is 37.6 Å². The Bertz CT molecular complexity index is 1760. The van der Waals surface area contributed by atoms with Gasteiger partial charge in [-0.1, -0.05) is 88.9 Å². The van der Waals surface area contributed by atoms with Gasteiger partial charge in [-0.05, 0) is 75.3 Å². The lowest BCUT2D eigenvalue weighted by atomic mass is 10.00. The number of aliphatic hydroxyl groups excluding tert-OH is 2. The quantitative estimate of drug-likeness (QED) is 0.0512. The number of carbonyl (C=O) groups excluding carboxylic acids is 6. The van der Waals surface area contributed by atoms with E-state index in [2.05, 4.69) is 38.8 Å². The third-order valence-electron chi connectivity index (χ3n) is 10.4. The first-order chi connectivity index (χ1) is 29.9. The zero-order valence-electron chi connectivity index (χ0n) is 37.1. The predicted octanol–water partition coefficient (Wildman–Crippen LogP) is 1.08. The summed E-state index contributed by atoms with van der Waals surface area (Å²) in [5.74, 6) is -6.75. The van der Waals surface area contributed by atoms with Crippen LogP contribution in [0.3, 0.4) is 0 Å². The Morgan fingerprint density at radius 3 is 1.62 bits per heavy atom. The maximum Gasteiger partial charge on any atom is 0.326 e. The van der Waals surface area contributed by atoms with Gasteiger partial charge in [-0.2, -0.15) is 0 Å². The average Bonchev–Trinajstić information content (AvgIpc) is 3.23. The Kier molecular flexibility index (Phi) is 23.9. The first-order valence-electron chi connectivity index (χ1n) is 21.8. The van der Waals surface area contributed by atoms with Crippen LogP contribution in [-0.4, -0.2) is 117 Å². The first-order valence-corrected chi connectivity index (χ1v) is 21.8. The summed E-state index contributed by atoms with van der Waals surface area (Å²) in [6.07, 6.45) is 2.49. The SMILES string of the molecule is CCCCCCCC(=O)N[C@H](C(=O)N[C@H](C(=O)N[C@H](C(=O)N[C@@H](Cc1ccc(O)cc1)C(=O)N[C@@H](CCCCN)C(=O)N[C@@H](Cc1ccccc1)C(=O)O)[C@@H](C)O)C(C)C)[C@@H](C)O. The van der Waals surface area contributed by atoms with Crippen LogP contribution in [0.25, 0.3) is 0 Å². The zero-order valence-corrected chi connectivity index (χ0v) is 37.1. The topological polar surface area (TPSA) is 299 Å². The summed E-state index contributed by atoms with van der Waals surface area (Å²) < 4.78 is 0. The van der Waals surface area contributed by atoms with Gasteiger partial charge in [-0.15, -0.1) is 0 Å². The van der Waals surface area contributed by atoms with Crippen molar-refractivity contribution in [2.75, 3.05) is 6.54 Å². The molecule has 0 bridgehead atoms. The molecule has 0 heterocycles. The summed E-state index contributed by atoms with van der Waals surface area (Å²) in [4.78, 5) is 93.7. The van der Waals surface area contributed by atoms with Crippen molar-refractivity contribution in [1.82, 2.24) is 31.9 Å². The number of rotatable bonds is 29. The van der Waals surface area contributed by atoms with Crippen molar-refractivity contribution in [3.05, 3.63) is 65.7 Å². The number of benzene rings is 2. The number of phenols is 1. The second-order valence-corrected chi connectivity index (χ2v) is 16.3. The van der Waals surface area contributed by atoms with Crippen LogP contribution in [0.4, 0.5) is 0 Å². The van der Waals surface area contributed by atoms with Gasteiger partial charge >= 0.3 is 5.97 Å². The molecule has 0 aliphatic rings. The fraction of sp³-hybridized carbons (Fsp3) is 0.578. The van der Waals surface area contributed by atoms with Crippen LogP contribution in [0, 0.1) is 5.92 Å². The monoisotopic (exact) mass is 884 g/mol. The number of phenolic OH excluding ortho intramolecular Hbond substituents is 1. The van der Waals surface area contributed by atoms with E-state index < -0.39 is 95.8 Å². The Labute approximate surface area is 369 Å². The van der Waals surface area contributed by atoms with Crippen molar-refractivity contribution in [2.45, 2.75) is 154 Å². The Morgan fingerprint density at radius 2 is 1.05 bits per heavy atom. The molecule has 0 aliphatic heterocycles. The second-order valence-electron chi connectivity index (χ2n) is 16.3. The molecule has 63 heavy (non-hydrogen) atoms. The fourth-order valence-corrected chi connectivity index (χ4v) is 6.66. The van der Waals surface area contributed by atoms with Crippen molar-refractivity contribution in [3.63, 3.8) is 0 Å². The second kappa shape index (κ2) is 28.2. The van der Waals surface area contributed by atoms with Crippen LogP contribution >= 0.6 is 0 Å². The number of aliphatic hydroxyl groups is 2. The Hall–Kier alpha value is -5.59. The van der Waals surface area contributed by atoms with E-state index in [1.54, 1.807) is 44.2 Å². The van der Waals surface area contributed by atoms with Crippen molar-refractivity contribution in [1.29, 1.82) is 0 Å². The number of aromatic hydroxyl groups is 1. The van der Waals surface area contributed by atoms with Gasteiger partial charge in [0.2, 0.25) is 35.4 Å². The number of carboxylic acids is 1. The lowest BCUT2D eigenvalue weighted by Gasteiger charge is -2.30. The molecular weight excluding hydrogens is 815 g/mol. The summed E-state index contributed by atoms with van der Waals surface area (Å²) in [6, 6.07) is 6.02. The van der Waals surface area contributed by atoms with E-state index >= 15 is 0 Å². The van der Waals surface area contributed by atoms with Crippen molar-refractivity contribution >= 4 is 41.4 Å². The van der Waals surface area contributed by atoms with Gasteiger partial charge in [-0.3, -0.25) is 28.8 Å². The zero-order chi connectivity index (χ0) is 47.1. The van der Waals surface area contributed by atoms with Gasteiger partial charge in [-0.25, -0.2) is 4.79 Å². The Balaban J connectivity index is 2.32.